The molecule has 21 heavy (non-hydrogen) atoms. The van der Waals surface area contributed by atoms with Crippen LogP contribution >= 0.6 is 0 Å². The van der Waals surface area contributed by atoms with Crippen molar-refractivity contribution in [2.24, 2.45) is 0 Å². The number of nitro benzene ring substituents is 1. The number of hydrogen-bond donors (Lipinski definition) is 2. The summed E-state index contributed by atoms with van der Waals surface area (Å²) in [5.74, 6) is 0. The minimum absolute atomic E-state index is 0.0558. The van der Waals surface area contributed by atoms with Gasteiger partial charge in [0.05, 0.1) is 10.5 Å². The van der Waals surface area contributed by atoms with Gasteiger partial charge in [-0.05, 0) is 33.3 Å². The average molecular weight is 295 g/mol. The van der Waals surface area contributed by atoms with Gasteiger partial charge in [-0.25, -0.2) is 0 Å². The van der Waals surface area contributed by atoms with Crippen LogP contribution in [0.1, 0.15) is 34.1 Å². The Hall–Kier alpha value is -1.82. The van der Waals surface area contributed by atoms with Crippen LogP contribution in [0.4, 0.5) is 17.1 Å². The maximum atomic E-state index is 11.1. The number of non-ortho nitro benzene ring substituents is 1. The second-order valence-electron chi connectivity index (χ2n) is 5.75. The molecular formula is C15H25N3O3. The maximum absolute atomic E-state index is 11.1. The molecule has 0 unspecified atom stereocenters. The van der Waals surface area contributed by atoms with Gasteiger partial charge in [-0.15, -0.1) is 0 Å². The monoisotopic (exact) mass is 295 g/mol. The van der Waals surface area contributed by atoms with Crippen LogP contribution in [0.5, 0.6) is 0 Å². The quantitative estimate of drug-likeness (QED) is 0.569. The van der Waals surface area contributed by atoms with E-state index in [1.165, 1.54) is 6.07 Å². The van der Waals surface area contributed by atoms with Crippen LogP contribution in [-0.2, 0) is 0 Å². The summed E-state index contributed by atoms with van der Waals surface area (Å²) in [5, 5.41) is 24.2. The summed E-state index contributed by atoms with van der Waals surface area (Å²) in [6.07, 6.45) is 0.944. The fourth-order valence-electron chi connectivity index (χ4n) is 2.11. The minimum atomic E-state index is -0.863. The number of aliphatic hydroxyl groups is 1. The fraction of sp³-hybridized carbons (Fsp3) is 0.600. The molecule has 0 atom stereocenters. The molecule has 0 heterocycles. The second kappa shape index (κ2) is 7.26. The van der Waals surface area contributed by atoms with Gasteiger partial charge in [0.25, 0.3) is 5.69 Å². The van der Waals surface area contributed by atoms with Gasteiger partial charge < -0.3 is 15.3 Å². The molecule has 1 aromatic rings. The number of rotatable bonds is 8. The first-order chi connectivity index (χ1) is 9.76. The molecule has 1 aromatic carbocycles. The van der Waals surface area contributed by atoms with E-state index in [-0.39, 0.29) is 5.69 Å². The van der Waals surface area contributed by atoms with Crippen LogP contribution in [0.25, 0.3) is 0 Å². The number of anilines is 2. The smallest absolute Gasteiger partial charge is 0.273 e. The first-order valence-electron chi connectivity index (χ1n) is 7.27. The molecule has 0 saturated carbocycles. The van der Waals surface area contributed by atoms with E-state index in [0.29, 0.717) is 13.1 Å². The van der Waals surface area contributed by atoms with Crippen molar-refractivity contribution >= 4 is 17.1 Å². The summed E-state index contributed by atoms with van der Waals surface area (Å²) >= 11 is 0. The van der Waals surface area contributed by atoms with Crippen molar-refractivity contribution in [2.75, 3.05) is 29.9 Å². The lowest BCUT2D eigenvalue weighted by Gasteiger charge is -2.30. The first kappa shape index (κ1) is 17.2. The summed E-state index contributed by atoms with van der Waals surface area (Å²) in [7, 11) is 0. The Kier molecular flexibility index (Phi) is 5.96. The first-order valence-corrected chi connectivity index (χ1v) is 7.27. The van der Waals surface area contributed by atoms with Gasteiger partial charge in [0.15, 0.2) is 0 Å². The van der Waals surface area contributed by atoms with E-state index in [0.717, 1.165) is 24.3 Å². The maximum Gasteiger partial charge on any atom is 0.273 e. The molecular weight excluding hydrogens is 270 g/mol. The van der Waals surface area contributed by atoms with Gasteiger partial charge >= 0.3 is 0 Å². The topological polar surface area (TPSA) is 78.6 Å². The van der Waals surface area contributed by atoms with Gasteiger partial charge in [-0.1, -0.05) is 6.92 Å². The van der Waals surface area contributed by atoms with Gasteiger partial charge in [0.2, 0.25) is 0 Å². The highest BCUT2D eigenvalue weighted by Gasteiger charge is 2.20. The molecule has 118 valence electrons. The molecule has 6 heteroatoms. The summed E-state index contributed by atoms with van der Waals surface area (Å²) in [5.41, 5.74) is 0.667. The van der Waals surface area contributed by atoms with Crippen molar-refractivity contribution in [3.05, 3.63) is 28.3 Å². The molecule has 0 spiro atoms. The third-order valence-electron chi connectivity index (χ3n) is 3.02. The lowest BCUT2D eigenvalue weighted by atomic mass is 10.1. The Morgan fingerprint density at radius 2 is 2.00 bits per heavy atom. The van der Waals surface area contributed by atoms with E-state index < -0.39 is 10.5 Å². The highest BCUT2D eigenvalue weighted by Crippen LogP contribution is 2.28. The van der Waals surface area contributed by atoms with Crippen LogP contribution in [0, 0.1) is 10.1 Å². The van der Waals surface area contributed by atoms with Crippen molar-refractivity contribution in [2.45, 2.75) is 39.7 Å². The highest BCUT2D eigenvalue weighted by atomic mass is 16.6. The summed E-state index contributed by atoms with van der Waals surface area (Å²) in [4.78, 5) is 12.6. The number of nitrogens with one attached hydrogen (secondary N) is 1. The molecule has 1 rings (SSSR count). The summed E-state index contributed by atoms with van der Waals surface area (Å²) in [6, 6.07) is 4.97. The zero-order valence-electron chi connectivity index (χ0n) is 13.2. The molecule has 6 nitrogen and oxygen atoms in total. The average Bonchev–Trinajstić information content (AvgIpc) is 2.41. The van der Waals surface area contributed by atoms with Crippen molar-refractivity contribution in [3.63, 3.8) is 0 Å². The molecule has 0 aliphatic rings. The Balaban J connectivity index is 3.13. The molecule has 0 aromatic heterocycles. The van der Waals surface area contributed by atoms with Gasteiger partial charge in [0, 0.05) is 43.1 Å². The number of nitrogens with zero attached hydrogens (tertiary/aromatic N) is 2. The van der Waals surface area contributed by atoms with Crippen molar-refractivity contribution in [3.8, 4) is 0 Å². The Morgan fingerprint density at radius 3 is 2.48 bits per heavy atom. The van der Waals surface area contributed by atoms with E-state index in [4.69, 9.17) is 0 Å². The highest BCUT2D eigenvalue weighted by molar-refractivity contribution is 5.64. The molecule has 0 saturated heterocycles. The van der Waals surface area contributed by atoms with Crippen LogP contribution in [-0.4, -0.2) is 35.3 Å². The number of likely N-dealkylation sites (N-methyl/N-ethyl adjacent to an activating group) is 1. The molecule has 0 bridgehead atoms. The van der Waals surface area contributed by atoms with E-state index >= 15 is 0 Å². The lowest BCUT2D eigenvalue weighted by Crippen LogP contribution is -2.38. The van der Waals surface area contributed by atoms with Crippen molar-refractivity contribution < 1.29 is 10.0 Å². The molecule has 0 fully saturated rings. The molecule has 0 radical (unpaired) electrons. The predicted octanol–water partition coefficient (Wildman–Crippen LogP) is 3.01. The lowest BCUT2D eigenvalue weighted by molar-refractivity contribution is -0.384. The molecule has 0 aliphatic carbocycles. The van der Waals surface area contributed by atoms with Gasteiger partial charge in [0.1, 0.15) is 0 Å². The van der Waals surface area contributed by atoms with E-state index in [1.807, 2.05) is 24.8 Å². The number of nitro groups is 1. The zero-order chi connectivity index (χ0) is 16.0. The summed E-state index contributed by atoms with van der Waals surface area (Å²) < 4.78 is 0. The normalized spacial score (nSPS) is 11.3. The minimum Gasteiger partial charge on any atom is -0.389 e. The van der Waals surface area contributed by atoms with E-state index in [1.54, 1.807) is 19.9 Å². The Bertz CT molecular complexity index is 484. The number of benzene rings is 1. The number of hydrogen-bond acceptors (Lipinski definition) is 5. The SMILES string of the molecule is CCCNc1cc(N(CC)CC(C)(C)O)cc([N+](=O)[O-])c1. The van der Waals surface area contributed by atoms with Crippen LogP contribution < -0.4 is 10.2 Å². The Morgan fingerprint density at radius 1 is 1.33 bits per heavy atom. The van der Waals surface area contributed by atoms with Crippen molar-refractivity contribution in [1.82, 2.24) is 0 Å². The van der Waals surface area contributed by atoms with E-state index in [9.17, 15) is 15.2 Å². The largest absolute Gasteiger partial charge is 0.389 e. The standard InChI is InChI=1S/C15H25N3O3/c1-5-7-16-12-8-13(10-14(9-12)18(20)21)17(6-2)11-15(3,4)19/h8-10,16,19H,5-7,11H2,1-4H3. The zero-order valence-corrected chi connectivity index (χ0v) is 13.2. The van der Waals surface area contributed by atoms with Gasteiger partial charge in [-0.2, -0.15) is 0 Å². The van der Waals surface area contributed by atoms with Crippen molar-refractivity contribution in [1.29, 1.82) is 0 Å². The van der Waals surface area contributed by atoms with Crippen LogP contribution in [0.2, 0.25) is 0 Å². The second-order valence-corrected chi connectivity index (χ2v) is 5.75. The Labute approximate surface area is 125 Å². The molecule has 0 aliphatic heterocycles. The van der Waals surface area contributed by atoms with Gasteiger partial charge in [-0.3, -0.25) is 10.1 Å². The summed E-state index contributed by atoms with van der Waals surface area (Å²) in [6.45, 7) is 9.29. The third-order valence-corrected chi connectivity index (χ3v) is 3.02. The predicted molar refractivity (Wildman–Crippen MR) is 86.1 cm³/mol. The molecule has 0 amide bonds. The molecule has 2 N–H and O–H groups in total. The van der Waals surface area contributed by atoms with Crippen LogP contribution in [0.3, 0.4) is 0 Å². The van der Waals surface area contributed by atoms with E-state index in [2.05, 4.69) is 5.32 Å². The third kappa shape index (κ3) is 5.59. The fourth-order valence-corrected chi connectivity index (χ4v) is 2.11. The van der Waals surface area contributed by atoms with Crippen LogP contribution in [0.15, 0.2) is 18.2 Å².